The van der Waals surface area contributed by atoms with Crippen LogP contribution in [0.5, 0.6) is 0 Å². The Labute approximate surface area is 116 Å². The first-order chi connectivity index (χ1) is 9.22. The van der Waals surface area contributed by atoms with Gasteiger partial charge < -0.3 is 9.88 Å². The van der Waals surface area contributed by atoms with Crippen LogP contribution in [-0.4, -0.2) is 25.8 Å². The fourth-order valence-electron chi connectivity index (χ4n) is 1.70. The molecule has 5 nitrogen and oxygen atoms in total. The molecule has 2 aromatic heterocycles. The van der Waals surface area contributed by atoms with Crippen molar-refractivity contribution in [2.45, 2.75) is 42.5 Å². The van der Waals surface area contributed by atoms with E-state index in [0.29, 0.717) is 0 Å². The summed E-state index contributed by atoms with van der Waals surface area (Å²) in [6.45, 7) is 2.85. The molecule has 0 radical (unpaired) electrons. The van der Waals surface area contributed by atoms with E-state index >= 15 is 0 Å². The van der Waals surface area contributed by atoms with Gasteiger partial charge in [0.15, 0.2) is 5.16 Å². The van der Waals surface area contributed by atoms with Crippen LogP contribution in [0.3, 0.4) is 0 Å². The van der Waals surface area contributed by atoms with E-state index in [1.54, 1.807) is 0 Å². The van der Waals surface area contributed by atoms with Gasteiger partial charge in [-0.3, -0.25) is 0 Å². The molecule has 0 aliphatic heterocycles. The molecule has 0 aromatic carbocycles. The maximum atomic E-state index is 4.46. The molecule has 0 unspecified atom stereocenters. The first-order valence-electron chi connectivity index (χ1n) is 6.44. The molecule has 1 fully saturated rings. The predicted molar refractivity (Wildman–Crippen MR) is 74.0 cm³/mol. The molecule has 2 aromatic rings. The van der Waals surface area contributed by atoms with Crippen LogP contribution < -0.4 is 5.32 Å². The van der Waals surface area contributed by atoms with E-state index in [-0.39, 0.29) is 0 Å². The molecule has 19 heavy (non-hydrogen) atoms. The molecule has 1 N–H and O–H groups in total. The van der Waals surface area contributed by atoms with Gasteiger partial charge in [0, 0.05) is 25.8 Å². The Bertz CT molecular complexity index is 559. The van der Waals surface area contributed by atoms with Gasteiger partial charge in [-0.15, -0.1) is 10.2 Å². The van der Waals surface area contributed by atoms with Crippen molar-refractivity contribution in [2.75, 3.05) is 0 Å². The molecule has 2 heterocycles. The highest BCUT2D eigenvalue weighted by Crippen LogP contribution is 2.24. The SMILES string of the molecule is Cc1nnc(Sc2ccc(CNC3CC3)cn2)n1C. The minimum atomic E-state index is 0.732. The number of aryl methyl sites for hydroxylation is 1. The lowest BCUT2D eigenvalue weighted by Gasteiger charge is -2.04. The van der Waals surface area contributed by atoms with E-state index in [4.69, 9.17) is 0 Å². The van der Waals surface area contributed by atoms with Crippen LogP contribution in [0.15, 0.2) is 28.5 Å². The van der Waals surface area contributed by atoms with Gasteiger partial charge in [-0.25, -0.2) is 4.98 Å². The normalized spacial score (nSPS) is 14.8. The average molecular weight is 275 g/mol. The molecule has 0 bridgehead atoms. The smallest absolute Gasteiger partial charge is 0.197 e. The molecule has 0 atom stereocenters. The molecule has 0 spiro atoms. The Morgan fingerprint density at radius 1 is 1.37 bits per heavy atom. The van der Waals surface area contributed by atoms with E-state index in [1.165, 1.54) is 30.2 Å². The van der Waals surface area contributed by atoms with Crippen LogP contribution in [0, 0.1) is 6.92 Å². The molecular formula is C13H17N5S. The molecule has 1 aliphatic carbocycles. The predicted octanol–water partition coefficient (Wildman–Crippen LogP) is 1.92. The molecule has 1 aliphatic rings. The van der Waals surface area contributed by atoms with Crippen molar-refractivity contribution >= 4 is 11.8 Å². The average Bonchev–Trinajstić information content (AvgIpc) is 3.20. The zero-order valence-corrected chi connectivity index (χ0v) is 11.9. The molecule has 1 saturated carbocycles. The summed E-state index contributed by atoms with van der Waals surface area (Å²) in [6, 6.07) is 4.89. The number of hydrogen-bond donors (Lipinski definition) is 1. The quantitative estimate of drug-likeness (QED) is 0.903. The Morgan fingerprint density at radius 2 is 2.21 bits per heavy atom. The molecule has 6 heteroatoms. The third kappa shape index (κ3) is 3.13. The summed E-state index contributed by atoms with van der Waals surface area (Å²) in [5, 5.41) is 13.5. The summed E-state index contributed by atoms with van der Waals surface area (Å²) >= 11 is 1.54. The second-order valence-electron chi connectivity index (χ2n) is 4.85. The summed E-state index contributed by atoms with van der Waals surface area (Å²) < 4.78 is 1.97. The van der Waals surface area contributed by atoms with E-state index in [2.05, 4.69) is 26.6 Å². The summed E-state index contributed by atoms with van der Waals surface area (Å²) in [5.41, 5.74) is 1.23. The van der Waals surface area contributed by atoms with Crippen molar-refractivity contribution < 1.29 is 0 Å². The van der Waals surface area contributed by atoms with Crippen LogP contribution in [0.1, 0.15) is 24.2 Å². The van der Waals surface area contributed by atoms with Gasteiger partial charge in [0.25, 0.3) is 0 Å². The number of nitrogens with zero attached hydrogens (tertiary/aromatic N) is 4. The fraction of sp³-hybridized carbons (Fsp3) is 0.462. The van der Waals surface area contributed by atoms with Gasteiger partial charge in [0.05, 0.1) is 0 Å². The molecular weight excluding hydrogens is 258 g/mol. The second-order valence-corrected chi connectivity index (χ2v) is 5.84. The molecule has 100 valence electrons. The maximum Gasteiger partial charge on any atom is 0.197 e. The van der Waals surface area contributed by atoms with Crippen molar-refractivity contribution in [1.29, 1.82) is 0 Å². The van der Waals surface area contributed by atoms with Crippen molar-refractivity contribution in [3.63, 3.8) is 0 Å². The summed E-state index contributed by atoms with van der Waals surface area (Å²) in [7, 11) is 1.96. The van der Waals surface area contributed by atoms with Gasteiger partial charge >= 0.3 is 0 Å². The van der Waals surface area contributed by atoms with Crippen molar-refractivity contribution in [3.05, 3.63) is 29.7 Å². The van der Waals surface area contributed by atoms with E-state index in [0.717, 1.165) is 28.6 Å². The Balaban J connectivity index is 1.63. The van der Waals surface area contributed by atoms with Gasteiger partial charge in [-0.1, -0.05) is 6.07 Å². The van der Waals surface area contributed by atoms with Crippen LogP contribution in [0.25, 0.3) is 0 Å². The highest BCUT2D eigenvalue weighted by atomic mass is 32.2. The second kappa shape index (κ2) is 5.30. The highest BCUT2D eigenvalue weighted by molar-refractivity contribution is 7.99. The number of rotatable bonds is 5. The highest BCUT2D eigenvalue weighted by Gasteiger charge is 2.19. The molecule has 0 saturated heterocycles. The van der Waals surface area contributed by atoms with Crippen LogP contribution in [0.4, 0.5) is 0 Å². The minimum Gasteiger partial charge on any atom is -0.310 e. The molecule has 3 rings (SSSR count). The third-order valence-corrected chi connectivity index (χ3v) is 4.21. The lowest BCUT2D eigenvalue weighted by atomic mass is 10.3. The van der Waals surface area contributed by atoms with Gasteiger partial charge in [-0.05, 0) is 43.2 Å². The number of nitrogens with one attached hydrogen (secondary N) is 1. The van der Waals surface area contributed by atoms with Crippen LogP contribution in [0.2, 0.25) is 0 Å². The summed E-state index contributed by atoms with van der Waals surface area (Å²) in [5.74, 6) is 0.910. The number of hydrogen-bond acceptors (Lipinski definition) is 5. The summed E-state index contributed by atoms with van der Waals surface area (Å²) in [4.78, 5) is 4.46. The first-order valence-corrected chi connectivity index (χ1v) is 7.26. The standard InChI is InChI=1S/C13H17N5S/c1-9-16-17-13(18(9)2)19-12-6-3-10(8-15-12)7-14-11-4-5-11/h3,6,8,11,14H,4-5,7H2,1-2H3. The fourth-order valence-corrected chi connectivity index (χ4v) is 2.47. The lowest BCUT2D eigenvalue weighted by Crippen LogP contribution is -2.15. The van der Waals surface area contributed by atoms with Crippen LogP contribution >= 0.6 is 11.8 Å². The zero-order chi connectivity index (χ0) is 13.2. The van der Waals surface area contributed by atoms with Crippen LogP contribution in [-0.2, 0) is 13.6 Å². The van der Waals surface area contributed by atoms with Gasteiger partial charge in [0.1, 0.15) is 10.9 Å². The first kappa shape index (κ1) is 12.6. The zero-order valence-electron chi connectivity index (χ0n) is 11.1. The monoisotopic (exact) mass is 275 g/mol. The Kier molecular flexibility index (Phi) is 3.52. The van der Waals surface area contributed by atoms with Gasteiger partial charge in [-0.2, -0.15) is 0 Å². The third-order valence-electron chi connectivity index (χ3n) is 3.22. The lowest BCUT2D eigenvalue weighted by molar-refractivity contribution is 0.684. The number of aromatic nitrogens is 4. The topological polar surface area (TPSA) is 55.6 Å². The Morgan fingerprint density at radius 3 is 2.79 bits per heavy atom. The number of pyridine rings is 1. The maximum absolute atomic E-state index is 4.46. The van der Waals surface area contributed by atoms with E-state index < -0.39 is 0 Å². The van der Waals surface area contributed by atoms with E-state index in [1.807, 2.05) is 30.8 Å². The Hall–Kier alpha value is -1.40. The van der Waals surface area contributed by atoms with Crippen molar-refractivity contribution in [3.8, 4) is 0 Å². The minimum absolute atomic E-state index is 0.732. The van der Waals surface area contributed by atoms with Crippen molar-refractivity contribution in [2.24, 2.45) is 7.05 Å². The van der Waals surface area contributed by atoms with E-state index in [9.17, 15) is 0 Å². The van der Waals surface area contributed by atoms with Gasteiger partial charge in [0.2, 0.25) is 0 Å². The van der Waals surface area contributed by atoms with Crippen molar-refractivity contribution in [1.82, 2.24) is 25.1 Å². The summed E-state index contributed by atoms with van der Waals surface area (Å²) in [6.07, 6.45) is 4.56. The molecule has 0 amide bonds. The largest absolute Gasteiger partial charge is 0.310 e.